The van der Waals surface area contributed by atoms with Gasteiger partial charge in [0.05, 0.1) is 5.56 Å². The Balaban J connectivity index is 2.14. The molecule has 0 aliphatic carbocycles. The molecule has 2 rings (SSSR count). The lowest BCUT2D eigenvalue weighted by molar-refractivity contribution is -0.137. The summed E-state index contributed by atoms with van der Waals surface area (Å²) in [4.78, 5) is 8.17. The second-order valence-electron chi connectivity index (χ2n) is 4.40. The van der Waals surface area contributed by atoms with Gasteiger partial charge in [0.1, 0.15) is 5.82 Å². The minimum Gasteiger partial charge on any atom is -0.370 e. The molecule has 0 bridgehead atoms. The zero-order valence-corrected chi connectivity index (χ0v) is 11.4. The molecule has 2 N–H and O–H groups in total. The van der Waals surface area contributed by atoms with Gasteiger partial charge in [-0.2, -0.15) is 18.2 Å². The van der Waals surface area contributed by atoms with E-state index in [1.165, 1.54) is 12.1 Å². The Morgan fingerprint density at radius 3 is 2.71 bits per heavy atom. The van der Waals surface area contributed by atoms with E-state index in [9.17, 15) is 13.2 Å². The molecule has 0 saturated carbocycles. The Labute approximate surface area is 120 Å². The van der Waals surface area contributed by atoms with Gasteiger partial charge in [-0.15, -0.1) is 0 Å². The van der Waals surface area contributed by atoms with Crippen molar-refractivity contribution >= 4 is 17.5 Å². The molecule has 21 heavy (non-hydrogen) atoms. The monoisotopic (exact) mass is 296 g/mol. The van der Waals surface area contributed by atoms with Gasteiger partial charge < -0.3 is 10.6 Å². The van der Waals surface area contributed by atoms with E-state index >= 15 is 0 Å². The van der Waals surface area contributed by atoms with Crippen LogP contribution >= 0.6 is 0 Å². The van der Waals surface area contributed by atoms with Crippen LogP contribution in [0.1, 0.15) is 18.9 Å². The summed E-state index contributed by atoms with van der Waals surface area (Å²) < 4.78 is 37.9. The molecule has 0 radical (unpaired) electrons. The molecule has 112 valence electrons. The van der Waals surface area contributed by atoms with Crippen LogP contribution in [-0.4, -0.2) is 16.5 Å². The molecule has 1 aromatic heterocycles. The van der Waals surface area contributed by atoms with Gasteiger partial charge in [-0.25, -0.2) is 4.98 Å². The molecule has 7 heteroatoms. The highest BCUT2D eigenvalue weighted by molar-refractivity contribution is 5.56. The van der Waals surface area contributed by atoms with Crippen molar-refractivity contribution in [3.63, 3.8) is 0 Å². The number of anilines is 3. The number of alkyl halides is 3. The molecule has 0 fully saturated rings. The largest absolute Gasteiger partial charge is 0.416 e. The van der Waals surface area contributed by atoms with Crippen molar-refractivity contribution in [2.45, 2.75) is 19.5 Å². The fourth-order valence-corrected chi connectivity index (χ4v) is 1.67. The molecule has 1 heterocycles. The summed E-state index contributed by atoms with van der Waals surface area (Å²) in [6, 6.07) is 6.61. The van der Waals surface area contributed by atoms with E-state index in [0.29, 0.717) is 5.82 Å². The van der Waals surface area contributed by atoms with Crippen LogP contribution in [0.15, 0.2) is 36.5 Å². The van der Waals surface area contributed by atoms with Gasteiger partial charge in [0.25, 0.3) is 0 Å². The van der Waals surface area contributed by atoms with E-state index in [0.717, 1.165) is 25.1 Å². The Bertz CT molecular complexity index is 599. The van der Waals surface area contributed by atoms with E-state index in [2.05, 4.69) is 20.6 Å². The Morgan fingerprint density at radius 1 is 1.19 bits per heavy atom. The van der Waals surface area contributed by atoms with Crippen molar-refractivity contribution in [3.8, 4) is 0 Å². The van der Waals surface area contributed by atoms with Crippen LogP contribution in [-0.2, 0) is 6.18 Å². The number of aromatic nitrogens is 2. The van der Waals surface area contributed by atoms with Gasteiger partial charge >= 0.3 is 6.18 Å². The first kappa shape index (κ1) is 15.1. The normalized spacial score (nSPS) is 11.2. The van der Waals surface area contributed by atoms with E-state index in [4.69, 9.17) is 0 Å². The second kappa shape index (κ2) is 6.43. The highest BCUT2D eigenvalue weighted by atomic mass is 19.4. The molecule has 0 aliphatic rings. The Kier molecular flexibility index (Phi) is 4.62. The quantitative estimate of drug-likeness (QED) is 0.873. The standard InChI is InChI=1S/C14H15F3N4/c1-2-7-18-12-6-8-19-13(21-12)20-11-5-3-4-10(9-11)14(15,16)17/h3-6,8-9H,2,7H2,1H3,(H2,18,19,20,21). The first-order valence-electron chi connectivity index (χ1n) is 6.50. The van der Waals surface area contributed by atoms with Crippen LogP contribution in [0.25, 0.3) is 0 Å². The SMILES string of the molecule is CCCNc1ccnc(Nc2cccc(C(F)(F)F)c2)n1. The zero-order valence-electron chi connectivity index (χ0n) is 11.4. The number of hydrogen-bond acceptors (Lipinski definition) is 4. The molecular weight excluding hydrogens is 281 g/mol. The van der Waals surface area contributed by atoms with Gasteiger partial charge in [-0.3, -0.25) is 0 Å². The minimum atomic E-state index is -4.37. The van der Waals surface area contributed by atoms with Crippen LogP contribution in [0.5, 0.6) is 0 Å². The predicted molar refractivity (Wildman–Crippen MR) is 75.5 cm³/mol. The maximum atomic E-state index is 12.6. The molecule has 1 aromatic carbocycles. The topological polar surface area (TPSA) is 49.8 Å². The van der Waals surface area contributed by atoms with Gasteiger partial charge in [0.15, 0.2) is 0 Å². The minimum absolute atomic E-state index is 0.246. The highest BCUT2D eigenvalue weighted by Crippen LogP contribution is 2.31. The number of halogens is 3. The summed E-state index contributed by atoms with van der Waals surface area (Å²) >= 11 is 0. The molecule has 2 aromatic rings. The van der Waals surface area contributed by atoms with Gasteiger partial charge in [-0.05, 0) is 30.7 Å². The van der Waals surface area contributed by atoms with Crippen molar-refractivity contribution < 1.29 is 13.2 Å². The zero-order chi connectivity index (χ0) is 15.3. The molecule has 0 aliphatic heterocycles. The molecular formula is C14H15F3N4. The highest BCUT2D eigenvalue weighted by Gasteiger charge is 2.30. The molecule has 4 nitrogen and oxygen atoms in total. The lowest BCUT2D eigenvalue weighted by Crippen LogP contribution is -2.06. The Morgan fingerprint density at radius 2 is 2.00 bits per heavy atom. The average Bonchev–Trinajstić information content (AvgIpc) is 2.45. The van der Waals surface area contributed by atoms with Crippen molar-refractivity contribution in [2.24, 2.45) is 0 Å². The number of nitrogens with one attached hydrogen (secondary N) is 2. The van der Waals surface area contributed by atoms with Gasteiger partial charge in [-0.1, -0.05) is 13.0 Å². The van der Waals surface area contributed by atoms with Gasteiger partial charge in [0, 0.05) is 18.4 Å². The van der Waals surface area contributed by atoms with E-state index in [1.54, 1.807) is 12.3 Å². The van der Waals surface area contributed by atoms with Crippen molar-refractivity contribution in [3.05, 3.63) is 42.1 Å². The number of benzene rings is 1. The maximum Gasteiger partial charge on any atom is 0.416 e. The molecule has 0 atom stereocenters. The maximum absolute atomic E-state index is 12.6. The van der Waals surface area contributed by atoms with E-state index in [-0.39, 0.29) is 11.6 Å². The molecule has 0 amide bonds. The summed E-state index contributed by atoms with van der Waals surface area (Å²) in [7, 11) is 0. The lowest BCUT2D eigenvalue weighted by atomic mass is 10.2. The van der Waals surface area contributed by atoms with Crippen LogP contribution < -0.4 is 10.6 Å². The molecule has 0 saturated heterocycles. The lowest BCUT2D eigenvalue weighted by Gasteiger charge is -2.10. The summed E-state index contributed by atoms with van der Waals surface area (Å²) in [6.45, 7) is 2.79. The predicted octanol–water partition coefficient (Wildman–Crippen LogP) is 4.06. The van der Waals surface area contributed by atoms with Crippen molar-refractivity contribution in [2.75, 3.05) is 17.2 Å². The van der Waals surface area contributed by atoms with Crippen LogP contribution in [0.4, 0.5) is 30.6 Å². The molecule has 0 unspecified atom stereocenters. The number of hydrogen-bond donors (Lipinski definition) is 2. The summed E-state index contributed by atoms with van der Waals surface area (Å²) in [6.07, 6.45) is -1.88. The number of nitrogens with zero attached hydrogens (tertiary/aromatic N) is 2. The van der Waals surface area contributed by atoms with Gasteiger partial charge in [0.2, 0.25) is 5.95 Å². The average molecular weight is 296 g/mol. The van der Waals surface area contributed by atoms with Crippen molar-refractivity contribution in [1.29, 1.82) is 0 Å². The van der Waals surface area contributed by atoms with Crippen LogP contribution in [0, 0.1) is 0 Å². The smallest absolute Gasteiger partial charge is 0.370 e. The summed E-state index contributed by atoms with van der Waals surface area (Å²) in [5, 5.41) is 5.86. The van der Waals surface area contributed by atoms with Crippen molar-refractivity contribution in [1.82, 2.24) is 9.97 Å². The summed E-state index contributed by atoms with van der Waals surface area (Å²) in [5.74, 6) is 0.872. The van der Waals surface area contributed by atoms with E-state index in [1.807, 2.05) is 6.92 Å². The fourth-order valence-electron chi connectivity index (χ4n) is 1.67. The second-order valence-corrected chi connectivity index (χ2v) is 4.40. The summed E-state index contributed by atoms with van der Waals surface area (Å²) in [5.41, 5.74) is -0.426. The third-order valence-corrected chi connectivity index (χ3v) is 2.66. The van der Waals surface area contributed by atoms with E-state index < -0.39 is 11.7 Å². The Hall–Kier alpha value is -2.31. The molecule has 0 spiro atoms. The third-order valence-electron chi connectivity index (χ3n) is 2.66. The first-order valence-corrected chi connectivity index (χ1v) is 6.50. The number of rotatable bonds is 5. The first-order chi connectivity index (χ1) is 9.99. The van der Waals surface area contributed by atoms with Crippen LogP contribution in [0.2, 0.25) is 0 Å². The van der Waals surface area contributed by atoms with Crippen LogP contribution in [0.3, 0.4) is 0 Å². The fraction of sp³-hybridized carbons (Fsp3) is 0.286. The third kappa shape index (κ3) is 4.34.